The zero-order valence-electron chi connectivity index (χ0n) is 11.4. The molecule has 0 fully saturated rings. The van der Waals surface area contributed by atoms with E-state index in [4.69, 9.17) is 0 Å². The molecule has 0 aliphatic heterocycles. The van der Waals surface area contributed by atoms with E-state index in [0.717, 1.165) is 19.6 Å². The molecule has 2 nitrogen and oxygen atoms in total. The number of hydrogen-bond acceptors (Lipinski definition) is 3. The second-order valence-corrected chi connectivity index (χ2v) is 6.09. The summed E-state index contributed by atoms with van der Waals surface area (Å²) in [6.07, 6.45) is 0. The molecule has 0 heterocycles. The molecular weight excluding hydrogens is 228 g/mol. The minimum Gasteiger partial charge on any atom is -0.373 e. The molecule has 0 atom stereocenters. The van der Waals surface area contributed by atoms with E-state index in [1.807, 2.05) is 11.8 Å². The highest BCUT2D eigenvalue weighted by Crippen LogP contribution is 2.24. The number of likely N-dealkylation sites (N-methyl/N-ethyl adjacent to an activating group) is 2. The molecule has 0 unspecified atom stereocenters. The normalized spacial score (nSPS) is 10.9. The summed E-state index contributed by atoms with van der Waals surface area (Å²) < 4.78 is 0. The number of nitrogens with one attached hydrogen (secondary N) is 1. The molecule has 0 aromatic heterocycles. The number of hydrogen-bond donors (Lipinski definition) is 1. The molecule has 0 radical (unpaired) electrons. The Hall–Kier alpha value is -0.670. The van der Waals surface area contributed by atoms with Gasteiger partial charge < -0.3 is 10.2 Å². The van der Waals surface area contributed by atoms with Crippen LogP contribution in [0.15, 0.2) is 29.2 Å². The summed E-state index contributed by atoms with van der Waals surface area (Å²) in [6.45, 7) is 9.71. The number of rotatable bonds is 7. The minimum atomic E-state index is 0.646. The summed E-state index contributed by atoms with van der Waals surface area (Å²) >= 11 is 1.91. The Morgan fingerprint density at radius 2 is 1.88 bits per heavy atom. The van der Waals surface area contributed by atoms with Gasteiger partial charge in [-0.05, 0) is 30.8 Å². The molecule has 0 spiro atoms. The first kappa shape index (κ1) is 14.4. The van der Waals surface area contributed by atoms with Crippen molar-refractivity contribution in [2.75, 3.05) is 31.6 Å². The van der Waals surface area contributed by atoms with Gasteiger partial charge in [-0.3, -0.25) is 0 Å². The van der Waals surface area contributed by atoms with Crippen molar-refractivity contribution in [1.82, 2.24) is 5.32 Å². The first-order valence-electron chi connectivity index (χ1n) is 6.32. The summed E-state index contributed by atoms with van der Waals surface area (Å²) in [4.78, 5) is 3.63. The highest BCUT2D eigenvalue weighted by Gasteiger charge is 2.02. The molecule has 1 aromatic rings. The van der Waals surface area contributed by atoms with E-state index in [9.17, 15) is 0 Å². The summed E-state index contributed by atoms with van der Waals surface area (Å²) in [7, 11) is 2.14. The van der Waals surface area contributed by atoms with E-state index in [2.05, 4.69) is 62.3 Å². The van der Waals surface area contributed by atoms with Crippen molar-refractivity contribution in [1.29, 1.82) is 0 Å². The standard InChI is InChI=1S/C14H24N2S/c1-5-15-10-11-16(4)13-6-8-14(9-7-13)17-12(2)3/h6-9,12,15H,5,10-11H2,1-4H3. The SMILES string of the molecule is CCNCCN(C)c1ccc(SC(C)C)cc1. The van der Waals surface area contributed by atoms with Crippen LogP contribution in [-0.4, -0.2) is 31.9 Å². The van der Waals surface area contributed by atoms with E-state index in [1.54, 1.807) is 0 Å². The van der Waals surface area contributed by atoms with Crippen LogP contribution in [0.2, 0.25) is 0 Å². The number of anilines is 1. The third-order valence-electron chi connectivity index (χ3n) is 2.52. The Kier molecular flexibility index (Phi) is 6.45. The predicted octanol–water partition coefficient (Wildman–Crippen LogP) is 3.23. The molecule has 0 amide bonds. The summed E-state index contributed by atoms with van der Waals surface area (Å²) in [6, 6.07) is 8.83. The summed E-state index contributed by atoms with van der Waals surface area (Å²) in [5.74, 6) is 0. The van der Waals surface area contributed by atoms with Crippen LogP contribution in [0.5, 0.6) is 0 Å². The molecule has 1 N–H and O–H groups in total. The molecule has 0 bridgehead atoms. The van der Waals surface area contributed by atoms with Gasteiger partial charge in [0.05, 0.1) is 0 Å². The molecule has 3 heteroatoms. The van der Waals surface area contributed by atoms with Crippen molar-refractivity contribution in [3.63, 3.8) is 0 Å². The Morgan fingerprint density at radius 3 is 2.41 bits per heavy atom. The number of thioether (sulfide) groups is 1. The van der Waals surface area contributed by atoms with Crippen molar-refractivity contribution < 1.29 is 0 Å². The lowest BCUT2D eigenvalue weighted by molar-refractivity contribution is 0.706. The van der Waals surface area contributed by atoms with Crippen LogP contribution in [-0.2, 0) is 0 Å². The fourth-order valence-electron chi connectivity index (χ4n) is 1.60. The lowest BCUT2D eigenvalue weighted by Crippen LogP contribution is -2.28. The van der Waals surface area contributed by atoms with Crippen LogP contribution < -0.4 is 10.2 Å². The molecule has 0 aliphatic rings. The van der Waals surface area contributed by atoms with E-state index in [1.165, 1.54) is 10.6 Å². The van der Waals surface area contributed by atoms with E-state index in [-0.39, 0.29) is 0 Å². The predicted molar refractivity (Wildman–Crippen MR) is 79.2 cm³/mol. The van der Waals surface area contributed by atoms with E-state index >= 15 is 0 Å². The Bertz CT molecular complexity index is 309. The monoisotopic (exact) mass is 252 g/mol. The molecule has 0 aliphatic carbocycles. The molecular formula is C14H24N2S. The van der Waals surface area contributed by atoms with Gasteiger partial charge >= 0.3 is 0 Å². The number of benzene rings is 1. The van der Waals surface area contributed by atoms with Gasteiger partial charge in [0, 0.05) is 36.0 Å². The largest absolute Gasteiger partial charge is 0.373 e. The Labute approximate surface area is 110 Å². The van der Waals surface area contributed by atoms with Crippen molar-refractivity contribution in [3.05, 3.63) is 24.3 Å². The van der Waals surface area contributed by atoms with Gasteiger partial charge in [-0.1, -0.05) is 20.8 Å². The average molecular weight is 252 g/mol. The Balaban J connectivity index is 2.48. The Morgan fingerprint density at radius 1 is 1.24 bits per heavy atom. The fourth-order valence-corrected chi connectivity index (χ4v) is 2.44. The van der Waals surface area contributed by atoms with Crippen molar-refractivity contribution in [2.45, 2.75) is 30.9 Å². The maximum absolute atomic E-state index is 3.34. The van der Waals surface area contributed by atoms with Crippen LogP contribution >= 0.6 is 11.8 Å². The zero-order chi connectivity index (χ0) is 12.7. The molecule has 96 valence electrons. The van der Waals surface area contributed by atoms with Crippen LogP contribution in [0.3, 0.4) is 0 Å². The summed E-state index contributed by atoms with van der Waals surface area (Å²) in [5, 5.41) is 3.99. The molecule has 0 saturated heterocycles. The second-order valence-electron chi connectivity index (χ2n) is 4.44. The third kappa shape index (κ3) is 5.46. The molecule has 1 rings (SSSR count). The number of nitrogens with zero attached hydrogens (tertiary/aromatic N) is 1. The molecule has 1 aromatic carbocycles. The van der Waals surface area contributed by atoms with Crippen LogP contribution in [0.4, 0.5) is 5.69 Å². The highest BCUT2D eigenvalue weighted by molar-refractivity contribution is 7.99. The smallest absolute Gasteiger partial charge is 0.0364 e. The van der Waals surface area contributed by atoms with Gasteiger partial charge in [-0.15, -0.1) is 11.8 Å². The molecule has 0 saturated carbocycles. The second kappa shape index (κ2) is 7.62. The van der Waals surface area contributed by atoms with Gasteiger partial charge in [0.25, 0.3) is 0 Å². The van der Waals surface area contributed by atoms with Gasteiger partial charge in [0.2, 0.25) is 0 Å². The maximum Gasteiger partial charge on any atom is 0.0364 e. The summed E-state index contributed by atoms with van der Waals surface area (Å²) in [5.41, 5.74) is 1.29. The first-order chi connectivity index (χ1) is 8.13. The van der Waals surface area contributed by atoms with Crippen molar-refractivity contribution in [2.24, 2.45) is 0 Å². The minimum absolute atomic E-state index is 0.646. The molecule has 17 heavy (non-hydrogen) atoms. The van der Waals surface area contributed by atoms with E-state index in [0.29, 0.717) is 5.25 Å². The van der Waals surface area contributed by atoms with Crippen molar-refractivity contribution >= 4 is 17.4 Å². The van der Waals surface area contributed by atoms with Crippen molar-refractivity contribution in [3.8, 4) is 0 Å². The quantitative estimate of drug-likeness (QED) is 0.592. The topological polar surface area (TPSA) is 15.3 Å². The lowest BCUT2D eigenvalue weighted by Gasteiger charge is -2.19. The zero-order valence-corrected chi connectivity index (χ0v) is 12.2. The van der Waals surface area contributed by atoms with Gasteiger partial charge in [-0.25, -0.2) is 0 Å². The first-order valence-corrected chi connectivity index (χ1v) is 7.20. The average Bonchev–Trinajstić information content (AvgIpc) is 2.29. The fraction of sp³-hybridized carbons (Fsp3) is 0.571. The van der Waals surface area contributed by atoms with Gasteiger partial charge in [0.15, 0.2) is 0 Å². The van der Waals surface area contributed by atoms with Crippen LogP contribution in [0.1, 0.15) is 20.8 Å². The van der Waals surface area contributed by atoms with Gasteiger partial charge in [-0.2, -0.15) is 0 Å². The lowest BCUT2D eigenvalue weighted by atomic mass is 10.3. The van der Waals surface area contributed by atoms with Crippen LogP contribution in [0, 0.1) is 0 Å². The third-order valence-corrected chi connectivity index (χ3v) is 3.54. The van der Waals surface area contributed by atoms with E-state index < -0.39 is 0 Å². The van der Waals surface area contributed by atoms with Crippen LogP contribution in [0.25, 0.3) is 0 Å². The van der Waals surface area contributed by atoms with Gasteiger partial charge in [0.1, 0.15) is 0 Å². The maximum atomic E-state index is 3.34. The highest BCUT2D eigenvalue weighted by atomic mass is 32.2.